The van der Waals surface area contributed by atoms with Gasteiger partial charge in [0, 0.05) is 13.6 Å². The monoisotopic (exact) mass is 253 g/mol. The molecule has 100 valence electrons. The summed E-state index contributed by atoms with van der Waals surface area (Å²) in [4.78, 5) is 13.1. The van der Waals surface area contributed by atoms with E-state index in [0.29, 0.717) is 12.3 Å². The number of rotatable bonds is 6. The van der Waals surface area contributed by atoms with E-state index in [4.69, 9.17) is 14.6 Å². The Morgan fingerprint density at radius 3 is 2.39 bits per heavy atom. The molecule has 0 bridgehead atoms. The van der Waals surface area contributed by atoms with Gasteiger partial charge in [-0.15, -0.1) is 0 Å². The summed E-state index contributed by atoms with van der Waals surface area (Å²) in [6.45, 7) is 1.88. The van der Waals surface area contributed by atoms with Crippen molar-refractivity contribution in [2.45, 2.75) is 13.0 Å². The summed E-state index contributed by atoms with van der Waals surface area (Å²) in [6.07, 6.45) is -0.542. The van der Waals surface area contributed by atoms with E-state index in [1.54, 1.807) is 45.3 Å². The van der Waals surface area contributed by atoms with Crippen LogP contribution in [0.3, 0.4) is 0 Å². The highest BCUT2D eigenvalue weighted by atomic mass is 16.5. The number of methoxy groups -OCH3 is 1. The molecule has 0 aromatic heterocycles. The average Bonchev–Trinajstić information content (AvgIpc) is 2.35. The molecule has 0 aliphatic carbocycles. The fraction of sp³-hybridized carbons (Fsp3) is 0.462. The van der Waals surface area contributed by atoms with Gasteiger partial charge in [-0.1, -0.05) is 0 Å². The fourth-order valence-electron chi connectivity index (χ4n) is 1.43. The summed E-state index contributed by atoms with van der Waals surface area (Å²) in [5.74, 6) is 1.17. The zero-order valence-corrected chi connectivity index (χ0v) is 10.9. The predicted molar refractivity (Wildman–Crippen MR) is 67.8 cm³/mol. The molecule has 1 rings (SSSR count). The summed E-state index contributed by atoms with van der Waals surface area (Å²) >= 11 is 0. The largest absolute Gasteiger partial charge is 0.497 e. The van der Waals surface area contributed by atoms with E-state index in [9.17, 15) is 4.79 Å². The molecule has 1 N–H and O–H groups in total. The van der Waals surface area contributed by atoms with Crippen LogP contribution in [-0.4, -0.2) is 49.3 Å². The molecule has 18 heavy (non-hydrogen) atoms. The third-order valence-corrected chi connectivity index (χ3v) is 2.39. The highest BCUT2D eigenvalue weighted by Crippen LogP contribution is 2.16. The van der Waals surface area contributed by atoms with Gasteiger partial charge in [0.05, 0.1) is 13.2 Å². The van der Waals surface area contributed by atoms with Crippen LogP contribution in [0, 0.1) is 0 Å². The minimum absolute atomic E-state index is 0.0461. The van der Waals surface area contributed by atoms with Gasteiger partial charge in [-0.25, -0.2) is 0 Å². The molecule has 1 amide bonds. The lowest BCUT2D eigenvalue weighted by Crippen LogP contribution is -2.36. The van der Waals surface area contributed by atoms with E-state index in [0.717, 1.165) is 5.75 Å². The molecule has 0 heterocycles. The summed E-state index contributed by atoms with van der Waals surface area (Å²) in [5, 5.41) is 9.17. The molecule has 0 saturated carbocycles. The number of hydrogen-bond acceptors (Lipinski definition) is 4. The van der Waals surface area contributed by atoms with Crippen molar-refractivity contribution in [1.29, 1.82) is 0 Å². The smallest absolute Gasteiger partial charge is 0.260 e. The zero-order valence-electron chi connectivity index (χ0n) is 10.9. The van der Waals surface area contributed by atoms with Gasteiger partial charge >= 0.3 is 0 Å². The normalized spacial score (nSPS) is 11.8. The molecule has 0 aliphatic rings. The number of aliphatic hydroxyl groups excluding tert-OH is 1. The lowest BCUT2D eigenvalue weighted by atomic mass is 10.3. The van der Waals surface area contributed by atoms with Crippen LogP contribution in [0.5, 0.6) is 11.5 Å². The van der Waals surface area contributed by atoms with Gasteiger partial charge in [0.15, 0.2) is 6.61 Å². The van der Waals surface area contributed by atoms with Crippen molar-refractivity contribution in [3.05, 3.63) is 24.3 Å². The van der Waals surface area contributed by atoms with Crippen LogP contribution in [0.2, 0.25) is 0 Å². The van der Waals surface area contributed by atoms with Crippen LogP contribution < -0.4 is 9.47 Å². The molecule has 5 nitrogen and oxygen atoms in total. The van der Waals surface area contributed by atoms with E-state index in [-0.39, 0.29) is 12.5 Å². The molecule has 1 aromatic rings. The molecule has 0 aliphatic heterocycles. The Kier molecular flexibility index (Phi) is 5.45. The maximum Gasteiger partial charge on any atom is 0.260 e. The number of benzene rings is 1. The summed E-state index contributed by atoms with van der Waals surface area (Å²) < 4.78 is 10.4. The maximum atomic E-state index is 11.6. The first-order valence-electron chi connectivity index (χ1n) is 5.72. The van der Waals surface area contributed by atoms with Crippen molar-refractivity contribution in [3.63, 3.8) is 0 Å². The van der Waals surface area contributed by atoms with Crippen molar-refractivity contribution in [2.24, 2.45) is 0 Å². The third-order valence-electron chi connectivity index (χ3n) is 2.39. The number of amides is 1. The summed E-state index contributed by atoms with van der Waals surface area (Å²) in [6, 6.07) is 7.00. The molecular weight excluding hydrogens is 234 g/mol. The zero-order chi connectivity index (χ0) is 13.5. The van der Waals surface area contributed by atoms with Crippen LogP contribution >= 0.6 is 0 Å². The molecule has 1 atom stereocenters. The first-order chi connectivity index (χ1) is 8.52. The van der Waals surface area contributed by atoms with Crippen molar-refractivity contribution >= 4 is 5.91 Å². The molecule has 0 fully saturated rings. The lowest BCUT2D eigenvalue weighted by molar-refractivity contribution is -0.133. The second kappa shape index (κ2) is 6.86. The summed E-state index contributed by atoms with van der Waals surface area (Å²) in [7, 11) is 3.22. The van der Waals surface area contributed by atoms with Gasteiger partial charge in [-0.05, 0) is 31.2 Å². The Bertz CT molecular complexity index is 375. The Morgan fingerprint density at radius 1 is 1.33 bits per heavy atom. The fourth-order valence-corrected chi connectivity index (χ4v) is 1.43. The molecule has 1 unspecified atom stereocenters. The first kappa shape index (κ1) is 14.3. The highest BCUT2D eigenvalue weighted by molar-refractivity contribution is 5.77. The van der Waals surface area contributed by atoms with Crippen molar-refractivity contribution < 1.29 is 19.4 Å². The SMILES string of the molecule is COc1ccc(OCC(=O)N(C)CC(C)O)cc1. The van der Waals surface area contributed by atoms with E-state index in [1.165, 1.54) is 4.90 Å². The molecular formula is C13H19NO4. The van der Waals surface area contributed by atoms with Gasteiger partial charge < -0.3 is 19.5 Å². The number of nitrogens with zero attached hydrogens (tertiary/aromatic N) is 1. The minimum atomic E-state index is -0.542. The van der Waals surface area contributed by atoms with Crippen LogP contribution in [0.25, 0.3) is 0 Å². The van der Waals surface area contributed by atoms with Gasteiger partial charge in [0.1, 0.15) is 11.5 Å². The van der Waals surface area contributed by atoms with Crippen molar-refractivity contribution in [1.82, 2.24) is 4.90 Å². The Hall–Kier alpha value is -1.75. The molecule has 0 spiro atoms. The Morgan fingerprint density at radius 2 is 1.89 bits per heavy atom. The second-order valence-corrected chi connectivity index (χ2v) is 4.09. The van der Waals surface area contributed by atoms with Crippen LogP contribution in [0.15, 0.2) is 24.3 Å². The number of likely N-dealkylation sites (N-methyl/N-ethyl adjacent to an activating group) is 1. The molecule has 0 saturated heterocycles. The number of ether oxygens (including phenoxy) is 2. The van der Waals surface area contributed by atoms with Crippen LogP contribution in [0.4, 0.5) is 0 Å². The number of carbonyl (C=O) groups is 1. The number of hydrogen-bond donors (Lipinski definition) is 1. The van der Waals surface area contributed by atoms with E-state index in [2.05, 4.69) is 0 Å². The first-order valence-corrected chi connectivity index (χ1v) is 5.72. The number of aliphatic hydroxyl groups is 1. The Balaban J connectivity index is 2.41. The summed E-state index contributed by atoms with van der Waals surface area (Å²) in [5.41, 5.74) is 0. The third kappa shape index (κ3) is 4.63. The quantitative estimate of drug-likeness (QED) is 0.818. The highest BCUT2D eigenvalue weighted by Gasteiger charge is 2.11. The molecule has 1 aromatic carbocycles. The van der Waals surface area contributed by atoms with Gasteiger partial charge in [0.2, 0.25) is 0 Å². The van der Waals surface area contributed by atoms with Gasteiger partial charge in [-0.3, -0.25) is 4.79 Å². The van der Waals surface area contributed by atoms with E-state index in [1.807, 2.05) is 0 Å². The Labute approximate surface area is 107 Å². The van der Waals surface area contributed by atoms with Gasteiger partial charge in [-0.2, -0.15) is 0 Å². The topological polar surface area (TPSA) is 59.0 Å². The maximum absolute atomic E-state index is 11.6. The lowest BCUT2D eigenvalue weighted by Gasteiger charge is -2.18. The number of carbonyl (C=O) groups excluding carboxylic acids is 1. The predicted octanol–water partition coefficient (Wildman–Crippen LogP) is 0.913. The van der Waals surface area contributed by atoms with Crippen LogP contribution in [0.1, 0.15) is 6.92 Å². The second-order valence-electron chi connectivity index (χ2n) is 4.09. The molecule has 0 radical (unpaired) electrons. The molecule has 5 heteroatoms. The van der Waals surface area contributed by atoms with Gasteiger partial charge in [0.25, 0.3) is 5.91 Å². The van der Waals surface area contributed by atoms with E-state index >= 15 is 0 Å². The van der Waals surface area contributed by atoms with Crippen molar-refractivity contribution in [3.8, 4) is 11.5 Å². The van der Waals surface area contributed by atoms with Crippen molar-refractivity contribution in [2.75, 3.05) is 27.3 Å². The minimum Gasteiger partial charge on any atom is -0.497 e. The van der Waals surface area contributed by atoms with Crippen LogP contribution in [-0.2, 0) is 4.79 Å². The standard InChI is InChI=1S/C13H19NO4/c1-10(15)8-14(2)13(16)9-18-12-6-4-11(17-3)5-7-12/h4-7,10,15H,8-9H2,1-3H3. The average molecular weight is 253 g/mol. The van der Waals surface area contributed by atoms with E-state index < -0.39 is 6.10 Å².